The minimum absolute atomic E-state index is 0.196. The van der Waals surface area contributed by atoms with Gasteiger partial charge in [0.2, 0.25) is 0 Å². The van der Waals surface area contributed by atoms with Crippen LogP contribution >= 0.6 is 15.9 Å². The molecule has 0 aliphatic rings. The molecule has 0 amide bonds. The Bertz CT molecular complexity index is 980. The van der Waals surface area contributed by atoms with Gasteiger partial charge in [0.15, 0.2) is 0 Å². The zero-order chi connectivity index (χ0) is 17.8. The summed E-state index contributed by atoms with van der Waals surface area (Å²) in [6.07, 6.45) is 3.05. The number of fused-ring (bicyclic) bond motifs is 1. The monoisotopic (exact) mass is 399 g/mol. The summed E-state index contributed by atoms with van der Waals surface area (Å²) < 4.78 is 7.81. The van der Waals surface area contributed by atoms with Crippen molar-refractivity contribution in [2.75, 3.05) is 6.61 Å². The molecule has 2 aromatic carbocycles. The second-order valence-electron chi connectivity index (χ2n) is 6.05. The summed E-state index contributed by atoms with van der Waals surface area (Å²) in [6, 6.07) is 12.9. The molecule has 3 aromatic rings. The van der Waals surface area contributed by atoms with E-state index in [1.165, 1.54) is 11.0 Å². The minimum atomic E-state index is -0.196. The van der Waals surface area contributed by atoms with Gasteiger partial charge in [-0.15, -0.1) is 0 Å². The fraction of sp³-hybridized carbons (Fsp3) is 0.211. The molecule has 0 saturated heterocycles. The van der Waals surface area contributed by atoms with Gasteiger partial charge >= 0.3 is 0 Å². The average Bonchev–Trinajstić information content (AvgIpc) is 2.60. The first kappa shape index (κ1) is 17.4. The molecule has 0 aliphatic heterocycles. The van der Waals surface area contributed by atoms with Gasteiger partial charge in [0.05, 0.1) is 28.2 Å². The number of nitrogens with zero attached hydrogens (tertiary/aromatic N) is 3. The van der Waals surface area contributed by atoms with Crippen LogP contribution in [-0.4, -0.2) is 22.5 Å². The summed E-state index contributed by atoms with van der Waals surface area (Å²) in [6.45, 7) is 4.86. The summed E-state index contributed by atoms with van der Waals surface area (Å²) in [5, 5.41) is 4.77. The van der Waals surface area contributed by atoms with Crippen molar-refractivity contribution in [3.8, 4) is 5.75 Å². The maximum Gasteiger partial charge on any atom is 0.281 e. The fourth-order valence-corrected chi connectivity index (χ4v) is 2.75. The Kier molecular flexibility index (Phi) is 5.28. The van der Waals surface area contributed by atoms with Crippen LogP contribution in [0.2, 0.25) is 0 Å². The third kappa shape index (κ3) is 4.14. The van der Waals surface area contributed by atoms with Crippen molar-refractivity contribution >= 4 is 33.0 Å². The third-order valence-electron chi connectivity index (χ3n) is 3.51. The van der Waals surface area contributed by atoms with Crippen molar-refractivity contribution in [3.05, 3.63) is 69.2 Å². The second kappa shape index (κ2) is 7.61. The Balaban J connectivity index is 1.84. The van der Waals surface area contributed by atoms with Gasteiger partial charge in [0.1, 0.15) is 12.1 Å². The van der Waals surface area contributed by atoms with Gasteiger partial charge in [-0.3, -0.25) is 4.79 Å². The number of rotatable bonds is 5. The average molecular weight is 400 g/mol. The van der Waals surface area contributed by atoms with Crippen LogP contribution in [0.15, 0.2) is 63.2 Å². The Hall–Kier alpha value is -2.47. The number of ether oxygens (including phenoxy) is 1. The molecule has 0 fully saturated rings. The van der Waals surface area contributed by atoms with Gasteiger partial charge in [-0.2, -0.15) is 9.78 Å². The first-order chi connectivity index (χ1) is 12.0. The van der Waals surface area contributed by atoms with Crippen molar-refractivity contribution < 1.29 is 4.74 Å². The van der Waals surface area contributed by atoms with E-state index >= 15 is 0 Å². The van der Waals surface area contributed by atoms with Crippen molar-refractivity contribution in [2.45, 2.75) is 13.8 Å². The maximum atomic E-state index is 12.4. The van der Waals surface area contributed by atoms with Crippen LogP contribution in [0.4, 0.5) is 0 Å². The lowest BCUT2D eigenvalue weighted by Crippen LogP contribution is -2.16. The zero-order valence-corrected chi connectivity index (χ0v) is 15.6. The van der Waals surface area contributed by atoms with Gasteiger partial charge in [0.25, 0.3) is 5.56 Å². The van der Waals surface area contributed by atoms with Crippen LogP contribution in [0.1, 0.15) is 19.4 Å². The first-order valence-corrected chi connectivity index (χ1v) is 8.77. The largest absolute Gasteiger partial charge is 0.492 e. The van der Waals surface area contributed by atoms with E-state index in [0.717, 1.165) is 15.8 Å². The summed E-state index contributed by atoms with van der Waals surface area (Å²) in [4.78, 5) is 16.6. The molecule has 6 heteroatoms. The SMILES string of the molecule is CC(C)COc1ccc(/C=N/n2cnc3ccccc3c2=O)cc1Br. The fourth-order valence-electron chi connectivity index (χ4n) is 2.24. The van der Waals surface area contributed by atoms with Crippen molar-refractivity contribution in [1.29, 1.82) is 0 Å². The number of halogens is 1. The molecule has 5 nitrogen and oxygen atoms in total. The van der Waals surface area contributed by atoms with Gasteiger partial charge < -0.3 is 4.74 Å². The zero-order valence-electron chi connectivity index (χ0n) is 14.0. The molecule has 0 unspecified atom stereocenters. The second-order valence-corrected chi connectivity index (χ2v) is 6.91. The predicted molar refractivity (Wildman–Crippen MR) is 103 cm³/mol. The standard InChI is InChI=1S/C19H18BrN3O2/c1-13(2)11-25-18-8-7-14(9-16(18)20)10-22-23-12-21-17-6-4-3-5-15(17)19(23)24/h3-10,12-13H,11H2,1-2H3/b22-10+. The molecule has 128 valence electrons. The van der Waals surface area contributed by atoms with Crippen LogP contribution in [0.3, 0.4) is 0 Å². The molecule has 0 spiro atoms. The molecular weight excluding hydrogens is 382 g/mol. The van der Waals surface area contributed by atoms with E-state index < -0.39 is 0 Å². The van der Waals surface area contributed by atoms with E-state index in [0.29, 0.717) is 23.4 Å². The van der Waals surface area contributed by atoms with Crippen LogP contribution in [-0.2, 0) is 0 Å². The van der Waals surface area contributed by atoms with Crippen LogP contribution in [0.25, 0.3) is 10.9 Å². The number of hydrogen-bond donors (Lipinski definition) is 0. The Labute approximate surface area is 154 Å². The lowest BCUT2D eigenvalue weighted by atomic mass is 10.2. The Morgan fingerprint density at radius 3 is 2.84 bits per heavy atom. The lowest BCUT2D eigenvalue weighted by Gasteiger charge is -2.10. The number of benzene rings is 2. The summed E-state index contributed by atoms with van der Waals surface area (Å²) in [5.41, 5.74) is 1.31. The predicted octanol–water partition coefficient (Wildman–Crippen LogP) is 4.08. The molecule has 0 bridgehead atoms. The van der Waals surface area contributed by atoms with E-state index in [2.05, 4.69) is 39.9 Å². The number of aromatic nitrogens is 2. The van der Waals surface area contributed by atoms with Gasteiger partial charge in [0, 0.05) is 0 Å². The molecule has 0 atom stereocenters. The number of para-hydroxylation sites is 1. The third-order valence-corrected chi connectivity index (χ3v) is 4.13. The molecule has 1 heterocycles. The van der Waals surface area contributed by atoms with Crippen LogP contribution in [0.5, 0.6) is 5.75 Å². The molecule has 0 radical (unpaired) electrons. The van der Waals surface area contributed by atoms with Gasteiger partial charge in [-0.25, -0.2) is 4.98 Å². The smallest absolute Gasteiger partial charge is 0.281 e. The van der Waals surface area contributed by atoms with Gasteiger partial charge in [-0.05, 0) is 57.7 Å². The van der Waals surface area contributed by atoms with Crippen molar-refractivity contribution in [2.24, 2.45) is 11.0 Å². The van der Waals surface area contributed by atoms with Crippen LogP contribution in [0, 0.1) is 5.92 Å². The summed E-state index contributed by atoms with van der Waals surface area (Å²) in [7, 11) is 0. The van der Waals surface area contributed by atoms with E-state index in [1.807, 2.05) is 30.3 Å². The van der Waals surface area contributed by atoms with Gasteiger partial charge in [-0.1, -0.05) is 26.0 Å². The van der Waals surface area contributed by atoms with E-state index in [-0.39, 0.29) is 5.56 Å². The first-order valence-electron chi connectivity index (χ1n) is 7.97. The van der Waals surface area contributed by atoms with Crippen molar-refractivity contribution in [3.63, 3.8) is 0 Å². The molecule has 25 heavy (non-hydrogen) atoms. The number of hydrogen-bond acceptors (Lipinski definition) is 4. The normalized spacial score (nSPS) is 11.5. The molecule has 0 N–H and O–H groups in total. The summed E-state index contributed by atoms with van der Waals surface area (Å²) in [5.74, 6) is 1.25. The summed E-state index contributed by atoms with van der Waals surface area (Å²) >= 11 is 3.50. The highest BCUT2D eigenvalue weighted by Gasteiger charge is 2.04. The molecule has 0 saturated carbocycles. The van der Waals surface area contributed by atoms with E-state index in [9.17, 15) is 4.79 Å². The highest BCUT2D eigenvalue weighted by atomic mass is 79.9. The minimum Gasteiger partial charge on any atom is -0.492 e. The molecule has 0 aliphatic carbocycles. The van der Waals surface area contributed by atoms with Crippen molar-refractivity contribution in [1.82, 2.24) is 9.66 Å². The Morgan fingerprint density at radius 1 is 1.28 bits per heavy atom. The molecule has 1 aromatic heterocycles. The quantitative estimate of drug-likeness (QED) is 0.607. The Morgan fingerprint density at radius 2 is 2.08 bits per heavy atom. The topological polar surface area (TPSA) is 56.5 Å². The van der Waals surface area contributed by atoms with E-state index in [4.69, 9.17) is 4.74 Å². The van der Waals surface area contributed by atoms with Crippen LogP contribution < -0.4 is 10.3 Å². The highest BCUT2D eigenvalue weighted by molar-refractivity contribution is 9.10. The highest BCUT2D eigenvalue weighted by Crippen LogP contribution is 2.26. The maximum absolute atomic E-state index is 12.4. The molecular formula is C19H18BrN3O2. The van der Waals surface area contributed by atoms with E-state index in [1.54, 1.807) is 18.3 Å². The molecule has 3 rings (SSSR count). The lowest BCUT2D eigenvalue weighted by molar-refractivity contribution is 0.269.